The zero-order valence-corrected chi connectivity index (χ0v) is 17.5. The third kappa shape index (κ3) is 23.4. The van der Waals surface area contributed by atoms with Crippen molar-refractivity contribution < 1.29 is 67.9 Å². The van der Waals surface area contributed by atoms with Crippen LogP contribution in [0.2, 0.25) is 19.1 Å². The summed E-state index contributed by atoms with van der Waals surface area (Å²) < 4.78 is 6.02. The van der Waals surface area contributed by atoms with Crippen LogP contribution in [0.5, 0.6) is 0 Å². The molecule has 0 saturated carbocycles. The van der Waals surface area contributed by atoms with Crippen molar-refractivity contribution in [2.45, 2.75) is 64.9 Å². The molecular weight excluding hydrogens is 376 g/mol. The van der Waals surface area contributed by atoms with E-state index in [1.807, 2.05) is 13.8 Å². The molecule has 0 amide bonds. The first kappa shape index (κ1) is 31.3. The van der Waals surface area contributed by atoms with Crippen LogP contribution < -0.4 is 37.2 Å². The number of halogens is 3. The number of rotatable bonds is 3. The van der Waals surface area contributed by atoms with Crippen molar-refractivity contribution in [3.05, 3.63) is 5.73 Å². The number of hydrogen-bond donors (Lipinski definition) is 0. The summed E-state index contributed by atoms with van der Waals surface area (Å²) in [5.74, 6) is 0. The molecular formula is C10H24Cl3NOSiZr. The second-order valence-corrected chi connectivity index (χ2v) is 10.1. The molecule has 0 atom stereocenters. The monoisotopic (exact) mass is 397 g/mol. The molecule has 17 heavy (non-hydrogen) atoms. The summed E-state index contributed by atoms with van der Waals surface area (Å²) in [7, 11) is -1.66. The van der Waals surface area contributed by atoms with Crippen LogP contribution in [0.3, 0.4) is 0 Å². The van der Waals surface area contributed by atoms with Gasteiger partial charge >= 0.3 is 26.2 Å². The zero-order chi connectivity index (χ0) is 10.9. The molecule has 0 radical (unpaired) electrons. The Morgan fingerprint density at radius 2 is 1.24 bits per heavy atom. The Labute approximate surface area is 146 Å². The van der Waals surface area contributed by atoms with Gasteiger partial charge in [-0.3, -0.25) is 0 Å². The molecule has 2 nitrogen and oxygen atoms in total. The van der Waals surface area contributed by atoms with E-state index in [1.54, 1.807) is 0 Å². The summed E-state index contributed by atoms with van der Waals surface area (Å²) in [6, 6.07) is 0.886. The van der Waals surface area contributed by atoms with Gasteiger partial charge in [0.25, 0.3) is 0 Å². The first-order chi connectivity index (χ1) is 5.41. The van der Waals surface area contributed by atoms with Crippen molar-refractivity contribution in [2.75, 3.05) is 0 Å². The molecule has 0 rings (SSSR count). The van der Waals surface area contributed by atoms with E-state index in [2.05, 4.69) is 33.9 Å². The van der Waals surface area contributed by atoms with Crippen molar-refractivity contribution in [3.63, 3.8) is 0 Å². The van der Waals surface area contributed by atoms with E-state index in [0.717, 1.165) is 6.04 Å². The quantitative estimate of drug-likeness (QED) is 0.437. The summed E-state index contributed by atoms with van der Waals surface area (Å²) in [5, 5.41) is 0. The maximum absolute atomic E-state index is 7.85. The van der Waals surface area contributed by atoms with Gasteiger partial charge in [0.05, 0.1) is 0 Å². The van der Waals surface area contributed by atoms with Crippen LogP contribution in [-0.2, 0) is 30.6 Å². The Balaban J connectivity index is -0.000000120. The Morgan fingerprint density at radius 1 is 0.941 bits per heavy atom. The smallest absolute Gasteiger partial charge is 1.00 e. The van der Waals surface area contributed by atoms with Crippen LogP contribution in [0, 0.1) is 0 Å². The minimum atomic E-state index is -1.66. The fourth-order valence-electron chi connectivity index (χ4n) is 1.93. The first-order valence-electron chi connectivity index (χ1n) is 4.87. The minimum absolute atomic E-state index is 0. The SMILES string of the molecule is CC(C)([NH-])C[Si](C)(C)OC(C)(C)C.[Cl-].[Cl-].[Cl-].[Zr+4]. The van der Waals surface area contributed by atoms with Crippen molar-refractivity contribution >= 4 is 8.32 Å². The largest absolute Gasteiger partial charge is 4.00 e. The van der Waals surface area contributed by atoms with Crippen molar-refractivity contribution in [3.8, 4) is 0 Å². The van der Waals surface area contributed by atoms with Crippen LogP contribution in [-0.4, -0.2) is 19.5 Å². The van der Waals surface area contributed by atoms with E-state index < -0.39 is 8.32 Å². The summed E-state index contributed by atoms with van der Waals surface area (Å²) in [6.45, 7) is 14.5. The van der Waals surface area contributed by atoms with E-state index in [0.29, 0.717) is 0 Å². The van der Waals surface area contributed by atoms with Crippen LogP contribution in [0.1, 0.15) is 34.6 Å². The molecule has 0 unspecified atom stereocenters. The Morgan fingerprint density at radius 3 is 1.41 bits per heavy atom. The van der Waals surface area contributed by atoms with E-state index in [4.69, 9.17) is 10.2 Å². The minimum Gasteiger partial charge on any atom is -1.00 e. The summed E-state index contributed by atoms with van der Waals surface area (Å²) >= 11 is 0. The fourth-order valence-corrected chi connectivity index (χ4v) is 5.79. The molecule has 1 N–H and O–H groups in total. The molecule has 0 aliphatic heterocycles. The molecule has 0 aromatic heterocycles. The van der Waals surface area contributed by atoms with Crippen LogP contribution >= 0.6 is 0 Å². The van der Waals surface area contributed by atoms with Gasteiger partial charge in [0.15, 0.2) is 8.32 Å². The van der Waals surface area contributed by atoms with Gasteiger partial charge in [-0.2, -0.15) is 0 Å². The van der Waals surface area contributed by atoms with Crippen LogP contribution in [0.15, 0.2) is 0 Å². The summed E-state index contributed by atoms with van der Waals surface area (Å²) in [4.78, 5) is 0. The molecule has 0 saturated heterocycles. The Kier molecular flexibility index (Phi) is 19.6. The second-order valence-electron chi connectivity index (χ2n) is 6.03. The van der Waals surface area contributed by atoms with Gasteiger partial charge in [-0.15, -0.1) is 5.54 Å². The molecule has 0 aliphatic rings. The van der Waals surface area contributed by atoms with Crippen LogP contribution in [0.25, 0.3) is 5.73 Å². The van der Waals surface area contributed by atoms with Gasteiger partial charge in [-0.25, -0.2) is 0 Å². The van der Waals surface area contributed by atoms with Gasteiger partial charge in [0.2, 0.25) is 0 Å². The fraction of sp³-hybridized carbons (Fsp3) is 1.00. The Bertz CT molecular complexity index is 163. The van der Waals surface area contributed by atoms with E-state index in [1.165, 1.54) is 0 Å². The standard InChI is InChI=1S/C10H24NOSi.3ClH.Zr/c1-9(2,3)12-13(6,7)8-10(4,5)11;;;;/h11H,8H2,1-7H3;3*1H;/q-1;;;;+4/p-3. The van der Waals surface area contributed by atoms with Crippen molar-refractivity contribution in [1.29, 1.82) is 0 Å². The van der Waals surface area contributed by atoms with E-state index in [-0.39, 0.29) is 74.6 Å². The summed E-state index contributed by atoms with van der Waals surface area (Å²) in [6.07, 6.45) is 0. The zero-order valence-electron chi connectivity index (χ0n) is 11.7. The maximum atomic E-state index is 7.85. The second kappa shape index (κ2) is 10.7. The van der Waals surface area contributed by atoms with Gasteiger partial charge in [0, 0.05) is 5.60 Å². The topological polar surface area (TPSA) is 33.0 Å². The van der Waals surface area contributed by atoms with E-state index in [9.17, 15) is 0 Å². The number of nitrogens with one attached hydrogen (secondary N) is 1. The van der Waals surface area contributed by atoms with Gasteiger partial charge in [-0.05, 0) is 39.9 Å². The molecule has 7 heteroatoms. The first-order valence-corrected chi connectivity index (χ1v) is 7.98. The average molecular weight is 400 g/mol. The average Bonchev–Trinajstić information content (AvgIpc) is 1.43. The van der Waals surface area contributed by atoms with Crippen molar-refractivity contribution in [1.82, 2.24) is 0 Å². The van der Waals surface area contributed by atoms with Crippen LogP contribution in [0.4, 0.5) is 0 Å². The van der Waals surface area contributed by atoms with Gasteiger partial charge in [-0.1, -0.05) is 13.8 Å². The van der Waals surface area contributed by atoms with E-state index >= 15 is 0 Å². The summed E-state index contributed by atoms with van der Waals surface area (Å²) in [5.41, 5.74) is 7.42. The van der Waals surface area contributed by atoms with Gasteiger partial charge < -0.3 is 47.4 Å². The van der Waals surface area contributed by atoms with Crippen molar-refractivity contribution in [2.24, 2.45) is 0 Å². The number of hydrogen-bond acceptors (Lipinski definition) is 1. The third-order valence-electron chi connectivity index (χ3n) is 1.45. The molecule has 0 heterocycles. The predicted octanol–water partition coefficient (Wildman–Crippen LogP) is -5.15. The molecule has 0 aromatic rings. The predicted molar refractivity (Wildman–Crippen MR) is 61.5 cm³/mol. The third-order valence-corrected chi connectivity index (χ3v) is 4.35. The van der Waals surface area contributed by atoms with Gasteiger partial charge in [0.1, 0.15) is 0 Å². The normalized spacial score (nSPS) is 11.3. The molecule has 0 bridgehead atoms. The molecule has 0 spiro atoms. The maximum Gasteiger partial charge on any atom is 4.00 e. The molecule has 104 valence electrons. The Hall–Kier alpha value is 1.89. The molecule has 0 aromatic carbocycles. The molecule has 0 aliphatic carbocycles. The molecule has 0 fully saturated rings.